The van der Waals surface area contributed by atoms with Crippen molar-refractivity contribution < 1.29 is 5.11 Å². The van der Waals surface area contributed by atoms with Gasteiger partial charge in [0.25, 0.3) is 0 Å². The van der Waals surface area contributed by atoms with Crippen molar-refractivity contribution in [3.8, 4) is 0 Å². The molecule has 1 atom stereocenters. The lowest BCUT2D eigenvalue weighted by atomic mass is 10.0. The highest BCUT2D eigenvalue weighted by atomic mass is 35.5. The minimum Gasteiger partial charge on any atom is -0.396 e. The highest BCUT2D eigenvalue weighted by Crippen LogP contribution is 2.47. The van der Waals surface area contributed by atoms with Crippen LogP contribution >= 0.6 is 12.4 Å². The summed E-state index contributed by atoms with van der Waals surface area (Å²) in [5, 5.41) is 8.75. The summed E-state index contributed by atoms with van der Waals surface area (Å²) in [6.45, 7) is 2.23. The van der Waals surface area contributed by atoms with Gasteiger partial charge in [-0.2, -0.15) is 0 Å². The van der Waals surface area contributed by atoms with Crippen molar-refractivity contribution >= 4 is 12.4 Å². The Morgan fingerprint density at radius 1 is 1.67 bits per heavy atom. The van der Waals surface area contributed by atoms with E-state index in [4.69, 9.17) is 10.8 Å². The average Bonchev–Trinajstić information content (AvgIpc) is 2.44. The predicted octanol–water partition coefficient (Wildman–Crippen LogP) is 0.528. The van der Waals surface area contributed by atoms with Crippen molar-refractivity contribution in [2.24, 2.45) is 11.1 Å². The summed E-state index contributed by atoms with van der Waals surface area (Å²) in [6, 6.07) is 0.174. The molecule has 1 aliphatic rings. The van der Waals surface area contributed by atoms with Gasteiger partial charge >= 0.3 is 0 Å². The summed E-state index contributed by atoms with van der Waals surface area (Å²) in [6.07, 6.45) is 2.22. The van der Waals surface area contributed by atoms with Crippen LogP contribution in [-0.2, 0) is 0 Å². The monoisotopic (exact) mass is 151 g/mol. The largest absolute Gasteiger partial charge is 0.396 e. The smallest absolute Gasteiger partial charge is 0.0502 e. The van der Waals surface area contributed by atoms with E-state index in [2.05, 4.69) is 0 Å². The van der Waals surface area contributed by atoms with Gasteiger partial charge in [-0.25, -0.2) is 0 Å². The molecule has 56 valence electrons. The van der Waals surface area contributed by atoms with E-state index in [1.165, 1.54) is 0 Å². The van der Waals surface area contributed by atoms with Gasteiger partial charge in [0.1, 0.15) is 0 Å². The number of hydrogen-bond acceptors (Lipinski definition) is 2. The molecule has 3 heteroatoms. The molecular weight excluding hydrogens is 138 g/mol. The van der Waals surface area contributed by atoms with Crippen molar-refractivity contribution in [1.82, 2.24) is 0 Å². The number of aliphatic hydroxyl groups is 1. The molecule has 0 spiro atoms. The van der Waals surface area contributed by atoms with Crippen molar-refractivity contribution in [1.29, 1.82) is 0 Å². The van der Waals surface area contributed by atoms with Gasteiger partial charge < -0.3 is 10.8 Å². The van der Waals surface area contributed by atoms with E-state index in [1.54, 1.807) is 0 Å². The van der Waals surface area contributed by atoms with Gasteiger partial charge in [0, 0.05) is 11.5 Å². The quantitative estimate of drug-likeness (QED) is 0.605. The first-order valence-electron chi connectivity index (χ1n) is 3.08. The van der Waals surface area contributed by atoms with Crippen molar-refractivity contribution in [3.63, 3.8) is 0 Å². The third kappa shape index (κ3) is 1.57. The fraction of sp³-hybridized carbons (Fsp3) is 1.00. The van der Waals surface area contributed by atoms with Crippen LogP contribution < -0.4 is 5.73 Å². The topological polar surface area (TPSA) is 46.2 Å². The third-order valence-electron chi connectivity index (χ3n) is 2.17. The van der Waals surface area contributed by atoms with Gasteiger partial charge in [-0.15, -0.1) is 12.4 Å². The zero-order chi connectivity index (χ0) is 6.20. The van der Waals surface area contributed by atoms with E-state index in [9.17, 15) is 0 Å². The Kier molecular flexibility index (Phi) is 2.93. The van der Waals surface area contributed by atoms with Crippen LogP contribution in [0.1, 0.15) is 19.8 Å². The number of halogens is 1. The normalized spacial score (nSPS) is 24.3. The number of aliphatic hydroxyl groups excluding tert-OH is 1. The molecule has 1 unspecified atom stereocenters. The summed E-state index contributed by atoms with van der Waals surface area (Å²) < 4.78 is 0. The molecule has 1 saturated carbocycles. The van der Waals surface area contributed by atoms with Crippen LogP contribution in [0.4, 0.5) is 0 Å². The Labute approximate surface area is 61.8 Å². The first-order chi connectivity index (χ1) is 3.71. The van der Waals surface area contributed by atoms with Crippen LogP contribution in [0.15, 0.2) is 0 Å². The van der Waals surface area contributed by atoms with E-state index in [0.29, 0.717) is 0 Å². The molecule has 0 radical (unpaired) electrons. The van der Waals surface area contributed by atoms with E-state index in [1.807, 2.05) is 6.92 Å². The summed E-state index contributed by atoms with van der Waals surface area (Å²) in [4.78, 5) is 0. The molecule has 0 aliphatic heterocycles. The standard InChI is InChI=1S/C6H13NO.ClH/c1-5(7)6(4-8)2-3-6;/h5,8H,2-4,7H2,1H3;1H. The molecule has 1 fully saturated rings. The van der Waals surface area contributed by atoms with Crippen LogP contribution in [0.5, 0.6) is 0 Å². The molecule has 9 heavy (non-hydrogen) atoms. The minimum atomic E-state index is 0. The molecule has 2 nitrogen and oxygen atoms in total. The summed E-state index contributed by atoms with van der Waals surface area (Å²) >= 11 is 0. The second-order valence-corrected chi connectivity index (χ2v) is 2.81. The molecule has 1 rings (SSSR count). The molecule has 0 amide bonds. The van der Waals surface area contributed by atoms with E-state index >= 15 is 0 Å². The zero-order valence-electron chi connectivity index (χ0n) is 5.63. The lowest BCUT2D eigenvalue weighted by molar-refractivity contribution is 0.192. The van der Waals surface area contributed by atoms with Crippen LogP contribution in [0.25, 0.3) is 0 Å². The Balaban J connectivity index is 0.000000640. The SMILES string of the molecule is CC(N)C1(CO)CC1.Cl. The van der Waals surface area contributed by atoms with E-state index in [-0.39, 0.29) is 30.5 Å². The Morgan fingerprint density at radius 2 is 2.11 bits per heavy atom. The maximum absolute atomic E-state index is 8.75. The maximum Gasteiger partial charge on any atom is 0.0502 e. The van der Waals surface area contributed by atoms with E-state index < -0.39 is 0 Å². The van der Waals surface area contributed by atoms with Crippen molar-refractivity contribution in [2.75, 3.05) is 6.61 Å². The highest BCUT2D eigenvalue weighted by Gasteiger charge is 2.45. The molecule has 0 aromatic rings. The molecular formula is C6H14ClNO. The average molecular weight is 152 g/mol. The van der Waals surface area contributed by atoms with Gasteiger partial charge in [-0.1, -0.05) is 0 Å². The van der Waals surface area contributed by atoms with Gasteiger partial charge in [-0.3, -0.25) is 0 Å². The van der Waals surface area contributed by atoms with Gasteiger partial charge in [0.05, 0.1) is 6.61 Å². The fourth-order valence-corrected chi connectivity index (χ4v) is 0.918. The second kappa shape index (κ2) is 2.86. The predicted molar refractivity (Wildman–Crippen MR) is 39.7 cm³/mol. The number of hydrogen-bond donors (Lipinski definition) is 2. The highest BCUT2D eigenvalue weighted by molar-refractivity contribution is 5.85. The first kappa shape index (κ1) is 9.21. The molecule has 0 bridgehead atoms. The molecule has 0 aromatic carbocycles. The summed E-state index contributed by atoms with van der Waals surface area (Å²) in [7, 11) is 0. The second-order valence-electron chi connectivity index (χ2n) is 2.81. The van der Waals surface area contributed by atoms with Crippen molar-refractivity contribution in [2.45, 2.75) is 25.8 Å². The van der Waals surface area contributed by atoms with Gasteiger partial charge in [-0.05, 0) is 19.8 Å². The first-order valence-corrected chi connectivity index (χ1v) is 3.08. The fourth-order valence-electron chi connectivity index (χ4n) is 0.918. The Morgan fingerprint density at radius 3 is 2.11 bits per heavy atom. The molecule has 0 heterocycles. The molecule has 0 saturated heterocycles. The molecule has 0 aromatic heterocycles. The lowest BCUT2D eigenvalue weighted by Crippen LogP contribution is -2.30. The number of rotatable bonds is 2. The molecule has 1 aliphatic carbocycles. The third-order valence-corrected chi connectivity index (χ3v) is 2.17. The molecule has 3 N–H and O–H groups in total. The number of nitrogens with two attached hydrogens (primary N) is 1. The van der Waals surface area contributed by atoms with Crippen molar-refractivity contribution in [3.05, 3.63) is 0 Å². The van der Waals surface area contributed by atoms with Gasteiger partial charge in [0.15, 0.2) is 0 Å². The van der Waals surface area contributed by atoms with E-state index in [0.717, 1.165) is 12.8 Å². The lowest BCUT2D eigenvalue weighted by Gasteiger charge is -2.14. The van der Waals surface area contributed by atoms with Crippen LogP contribution in [0.3, 0.4) is 0 Å². The zero-order valence-corrected chi connectivity index (χ0v) is 6.45. The van der Waals surface area contributed by atoms with Crippen LogP contribution in [-0.4, -0.2) is 17.8 Å². The van der Waals surface area contributed by atoms with Crippen LogP contribution in [0.2, 0.25) is 0 Å². The maximum atomic E-state index is 8.75. The minimum absolute atomic E-state index is 0. The van der Waals surface area contributed by atoms with Gasteiger partial charge in [0.2, 0.25) is 0 Å². The Hall–Kier alpha value is 0.210. The Bertz CT molecular complexity index is 91.1. The van der Waals surface area contributed by atoms with Crippen LogP contribution in [0, 0.1) is 5.41 Å². The summed E-state index contributed by atoms with van der Waals surface area (Å²) in [5.41, 5.74) is 5.71. The summed E-state index contributed by atoms with van der Waals surface area (Å²) in [5.74, 6) is 0.